The van der Waals surface area contributed by atoms with Gasteiger partial charge in [0.15, 0.2) is 0 Å². The summed E-state index contributed by atoms with van der Waals surface area (Å²) in [5, 5.41) is 4.85. The van der Waals surface area contributed by atoms with Crippen molar-refractivity contribution in [1.29, 1.82) is 0 Å². The zero-order valence-electron chi connectivity index (χ0n) is 24.1. The minimum absolute atomic E-state index is 0.0184. The predicted molar refractivity (Wildman–Crippen MR) is 154 cm³/mol. The molecule has 42 heavy (non-hydrogen) atoms. The van der Waals surface area contributed by atoms with Crippen LogP contribution >= 0.6 is 11.6 Å². The Kier molecular flexibility index (Phi) is 7.95. The molecule has 0 aliphatic carbocycles. The SMILES string of the molecule is Cc1cc(Cl)cc(-c2ncnn3cc(Cn4cc(F)c(=O)n(C)c4=O)cc23)c1C[C@@H]1CN(C(=O)OC(C)(C)C)CCO1. The second-order valence-electron chi connectivity index (χ2n) is 11.4. The summed E-state index contributed by atoms with van der Waals surface area (Å²) >= 11 is 6.51. The van der Waals surface area contributed by atoms with Gasteiger partial charge < -0.3 is 14.4 Å². The number of aromatic nitrogens is 5. The molecule has 0 unspecified atom stereocenters. The molecular formula is C29H32ClFN6O5. The summed E-state index contributed by atoms with van der Waals surface area (Å²) < 4.78 is 29.2. The maximum Gasteiger partial charge on any atom is 0.410 e. The van der Waals surface area contributed by atoms with Crippen LogP contribution in [-0.2, 0) is 29.5 Å². The average molecular weight is 599 g/mol. The van der Waals surface area contributed by atoms with Crippen molar-refractivity contribution in [2.45, 2.75) is 52.4 Å². The summed E-state index contributed by atoms with van der Waals surface area (Å²) in [5.74, 6) is -1.02. The van der Waals surface area contributed by atoms with E-state index in [2.05, 4.69) is 10.1 Å². The van der Waals surface area contributed by atoms with Gasteiger partial charge in [-0.3, -0.25) is 13.9 Å². The summed E-state index contributed by atoms with van der Waals surface area (Å²) in [4.78, 5) is 43.3. The molecule has 1 aromatic carbocycles. The number of hydrogen-bond donors (Lipinski definition) is 0. The highest BCUT2D eigenvalue weighted by atomic mass is 35.5. The normalized spacial score (nSPS) is 15.8. The molecule has 1 amide bonds. The summed E-state index contributed by atoms with van der Waals surface area (Å²) in [6, 6.07) is 5.52. The van der Waals surface area contributed by atoms with Crippen LogP contribution in [0.25, 0.3) is 16.8 Å². The van der Waals surface area contributed by atoms with Crippen LogP contribution in [0.4, 0.5) is 9.18 Å². The van der Waals surface area contributed by atoms with Crippen LogP contribution in [0.1, 0.15) is 37.5 Å². The molecule has 0 spiro atoms. The Labute approximate surface area is 246 Å². The van der Waals surface area contributed by atoms with Crippen molar-refractivity contribution in [1.82, 2.24) is 28.6 Å². The first-order chi connectivity index (χ1) is 19.8. The zero-order chi connectivity index (χ0) is 30.3. The number of carbonyl (C=O) groups excluding carboxylic acids is 1. The minimum atomic E-state index is -1.02. The molecule has 0 N–H and O–H groups in total. The van der Waals surface area contributed by atoms with Gasteiger partial charge in [0.2, 0.25) is 5.82 Å². The van der Waals surface area contributed by atoms with E-state index >= 15 is 0 Å². The van der Waals surface area contributed by atoms with Gasteiger partial charge in [0.1, 0.15) is 11.9 Å². The zero-order valence-corrected chi connectivity index (χ0v) is 24.8. The van der Waals surface area contributed by atoms with Gasteiger partial charge in [-0.25, -0.2) is 19.1 Å². The first-order valence-corrected chi connectivity index (χ1v) is 13.9. The number of amides is 1. The number of fused-ring (bicyclic) bond motifs is 1. The molecule has 0 bridgehead atoms. The monoisotopic (exact) mass is 598 g/mol. The lowest BCUT2D eigenvalue weighted by Gasteiger charge is -2.34. The van der Waals surface area contributed by atoms with Crippen molar-refractivity contribution in [2.75, 3.05) is 19.7 Å². The Hall–Kier alpha value is -4.03. The summed E-state index contributed by atoms with van der Waals surface area (Å²) in [7, 11) is 1.23. The number of morpholine rings is 1. The summed E-state index contributed by atoms with van der Waals surface area (Å²) in [6.45, 7) is 8.68. The van der Waals surface area contributed by atoms with Gasteiger partial charge in [-0.05, 0) is 62.6 Å². The van der Waals surface area contributed by atoms with Crippen molar-refractivity contribution in [3.63, 3.8) is 0 Å². The molecule has 1 atom stereocenters. The molecule has 5 rings (SSSR count). The molecule has 4 aromatic rings. The largest absolute Gasteiger partial charge is 0.444 e. The molecule has 1 aliphatic heterocycles. The topological polar surface area (TPSA) is 113 Å². The van der Waals surface area contributed by atoms with Gasteiger partial charge in [0, 0.05) is 36.8 Å². The molecule has 222 valence electrons. The van der Waals surface area contributed by atoms with Gasteiger partial charge in [-0.15, -0.1) is 0 Å². The van der Waals surface area contributed by atoms with Gasteiger partial charge in [-0.1, -0.05) is 11.6 Å². The maximum atomic E-state index is 14.1. The lowest BCUT2D eigenvalue weighted by Crippen LogP contribution is -2.48. The van der Waals surface area contributed by atoms with E-state index in [0.717, 1.165) is 32.0 Å². The molecule has 0 radical (unpaired) electrons. The van der Waals surface area contributed by atoms with Crippen LogP contribution in [0.5, 0.6) is 0 Å². The van der Waals surface area contributed by atoms with E-state index in [4.69, 9.17) is 21.1 Å². The van der Waals surface area contributed by atoms with E-state index in [0.29, 0.717) is 47.9 Å². The second-order valence-corrected chi connectivity index (χ2v) is 11.8. The third-order valence-electron chi connectivity index (χ3n) is 7.04. The van der Waals surface area contributed by atoms with Gasteiger partial charge in [-0.2, -0.15) is 9.49 Å². The van der Waals surface area contributed by atoms with Crippen molar-refractivity contribution < 1.29 is 18.7 Å². The van der Waals surface area contributed by atoms with Crippen molar-refractivity contribution in [2.24, 2.45) is 7.05 Å². The Bertz CT molecular complexity index is 1790. The van der Waals surface area contributed by atoms with E-state index in [-0.39, 0.29) is 18.7 Å². The minimum Gasteiger partial charge on any atom is -0.444 e. The Morgan fingerprint density at radius 2 is 1.98 bits per heavy atom. The molecule has 3 aromatic heterocycles. The van der Waals surface area contributed by atoms with Crippen molar-refractivity contribution in [3.8, 4) is 11.3 Å². The molecule has 0 saturated carbocycles. The van der Waals surface area contributed by atoms with Gasteiger partial charge in [0.25, 0.3) is 5.56 Å². The van der Waals surface area contributed by atoms with Crippen LogP contribution in [0.3, 0.4) is 0 Å². The number of nitrogens with zero attached hydrogens (tertiary/aromatic N) is 6. The van der Waals surface area contributed by atoms with Crippen LogP contribution < -0.4 is 11.2 Å². The van der Waals surface area contributed by atoms with E-state index < -0.39 is 22.7 Å². The van der Waals surface area contributed by atoms with Gasteiger partial charge >= 0.3 is 11.8 Å². The fourth-order valence-electron chi connectivity index (χ4n) is 5.09. The van der Waals surface area contributed by atoms with Crippen LogP contribution in [0.15, 0.2) is 46.5 Å². The van der Waals surface area contributed by atoms with Crippen LogP contribution in [0, 0.1) is 12.7 Å². The quantitative estimate of drug-likeness (QED) is 0.345. The van der Waals surface area contributed by atoms with E-state index in [9.17, 15) is 18.8 Å². The molecule has 13 heteroatoms. The van der Waals surface area contributed by atoms with Crippen LogP contribution in [0.2, 0.25) is 5.02 Å². The lowest BCUT2D eigenvalue weighted by atomic mass is 9.93. The van der Waals surface area contributed by atoms with E-state index in [1.807, 2.05) is 45.9 Å². The molecule has 11 nitrogen and oxygen atoms in total. The highest BCUT2D eigenvalue weighted by Crippen LogP contribution is 2.33. The number of rotatable bonds is 5. The second kappa shape index (κ2) is 11.3. The molecule has 1 saturated heterocycles. The van der Waals surface area contributed by atoms with Crippen molar-refractivity contribution >= 4 is 23.2 Å². The first-order valence-electron chi connectivity index (χ1n) is 13.5. The highest BCUT2D eigenvalue weighted by molar-refractivity contribution is 6.31. The predicted octanol–water partition coefficient (Wildman–Crippen LogP) is 3.58. The standard InChI is InChI=1S/C29H32ClFN6O5/c1-17-8-19(30)10-22(21(17)11-20-14-35(6-7-41-20)28(40)42-29(2,3)4)25-24-9-18(13-37(24)33-16-32-25)12-36-15-23(31)26(38)34(5)27(36)39/h8-10,13,15-16,20H,6-7,11-12,14H2,1-5H3/t20-/m1/s1. The van der Waals surface area contributed by atoms with E-state index in [1.54, 1.807) is 15.6 Å². The fraction of sp³-hybridized carbons (Fsp3) is 0.414. The molecule has 1 aliphatic rings. The Morgan fingerprint density at radius 1 is 1.21 bits per heavy atom. The fourth-order valence-corrected chi connectivity index (χ4v) is 5.37. The van der Waals surface area contributed by atoms with E-state index in [1.165, 1.54) is 13.4 Å². The molecule has 4 heterocycles. The van der Waals surface area contributed by atoms with Crippen molar-refractivity contribution in [3.05, 3.63) is 85.3 Å². The van der Waals surface area contributed by atoms with Gasteiger partial charge in [0.05, 0.1) is 43.2 Å². The molecular weight excluding hydrogens is 567 g/mol. The first kappa shape index (κ1) is 29.5. The Morgan fingerprint density at radius 3 is 2.71 bits per heavy atom. The summed E-state index contributed by atoms with van der Waals surface area (Å²) in [6.07, 6.45) is 3.88. The number of carbonyl (C=O) groups is 1. The highest BCUT2D eigenvalue weighted by Gasteiger charge is 2.29. The molecule has 1 fully saturated rings. The number of halogens is 2. The average Bonchev–Trinajstić information content (AvgIpc) is 3.34. The third kappa shape index (κ3) is 6.09. The number of aryl methyl sites for hydroxylation is 1. The smallest absolute Gasteiger partial charge is 0.410 e. The van der Waals surface area contributed by atoms with Crippen LogP contribution in [-0.4, -0.2) is 66.1 Å². The maximum absolute atomic E-state index is 14.1. The summed E-state index contributed by atoms with van der Waals surface area (Å²) in [5.41, 5.74) is 2.36. The lowest BCUT2D eigenvalue weighted by molar-refractivity contribution is -0.0415. The number of benzene rings is 1. The third-order valence-corrected chi connectivity index (χ3v) is 7.26. The number of hydrogen-bond acceptors (Lipinski definition) is 7. The number of ether oxygens (including phenoxy) is 2. The Balaban J connectivity index is 1.48.